The number of fused-ring (bicyclic) bond motifs is 1. The van der Waals surface area contributed by atoms with Crippen LogP contribution in [0.3, 0.4) is 0 Å². The van der Waals surface area contributed by atoms with Gasteiger partial charge >= 0.3 is 0 Å². The van der Waals surface area contributed by atoms with Crippen molar-refractivity contribution in [3.8, 4) is 18.2 Å². The van der Waals surface area contributed by atoms with E-state index < -0.39 is 6.04 Å². The van der Waals surface area contributed by atoms with Gasteiger partial charge < -0.3 is 4.57 Å². The molecule has 0 spiro atoms. The largest absolute Gasteiger partial charge is 0.309 e. The predicted octanol–water partition coefficient (Wildman–Crippen LogP) is 1.34. The van der Waals surface area contributed by atoms with Gasteiger partial charge in [0.25, 0.3) is 0 Å². The van der Waals surface area contributed by atoms with E-state index >= 15 is 0 Å². The van der Waals surface area contributed by atoms with Gasteiger partial charge in [0.1, 0.15) is 12.1 Å². The molecule has 2 rings (SSSR count). The third kappa shape index (κ3) is 1.03. The molecule has 5 nitrogen and oxygen atoms in total. The molecule has 70 valence electrons. The summed E-state index contributed by atoms with van der Waals surface area (Å²) in [6.45, 7) is 1.78. The minimum atomic E-state index is -0.689. The summed E-state index contributed by atoms with van der Waals surface area (Å²) in [5, 5.41) is 26.6. The summed E-state index contributed by atoms with van der Waals surface area (Å²) in [6.07, 6.45) is 1.68. The van der Waals surface area contributed by atoms with E-state index in [1.807, 2.05) is 18.2 Å². The Hall–Kier alpha value is -2.58. The van der Waals surface area contributed by atoms with Crippen molar-refractivity contribution in [1.82, 2.24) is 4.57 Å². The highest BCUT2D eigenvalue weighted by Crippen LogP contribution is 2.34. The number of nitrogens with zero attached hydrogens (tertiary/aromatic N) is 5. The van der Waals surface area contributed by atoms with Crippen molar-refractivity contribution in [2.45, 2.75) is 13.0 Å². The standard InChI is InChI=1S/C10H5N5/c1-6-5-15-9(4-13)8(3-12)14-10(15)7(6)2-11/h5,9H,1H3. The van der Waals surface area contributed by atoms with Crippen molar-refractivity contribution < 1.29 is 0 Å². The first-order valence-electron chi connectivity index (χ1n) is 4.22. The van der Waals surface area contributed by atoms with Gasteiger partial charge in [0.05, 0.1) is 11.6 Å². The number of aromatic nitrogens is 1. The Bertz CT molecular complexity index is 585. The molecule has 1 unspecified atom stereocenters. The van der Waals surface area contributed by atoms with Crippen LogP contribution in [0, 0.1) is 40.9 Å². The molecule has 0 radical (unpaired) electrons. The summed E-state index contributed by atoms with van der Waals surface area (Å²) in [5.41, 5.74) is 1.35. The number of hydrogen-bond donors (Lipinski definition) is 0. The van der Waals surface area contributed by atoms with Crippen LogP contribution >= 0.6 is 0 Å². The minimum Gasteiger partial charge on any atom is -0.309 e. The van der Waals surface area contributed by atoms with Gasteiger partial charge in [-0.1, -0.05) is 0 Å². The highest BCUT2D eigenvalue weighted by molar-refractivity contribution is 6.06. The maximum atomic E-state index is 8.90. The van der Waals surface area contributed by atoms with Crippen LogP contribution in [0.25, 0.3) is 0 Å². The molecule has 0 bridgehead atoms. The van der Waals surface area contributed by atoms with E-state index in [2.05, 4.69) is 4.99 Å². The maximum absolute atomic E-state index is 8.90. The molecule has 2 heterocycles. The summed E-state index contributed by atoms with van der Waals surface area (Å²) in [4.78, 5) is 3.99. The molecular formula is C10H5N5. The molecule has 15 heavy (non-hydrogen) atoms. The lowest BCUT2D eigenvalue weighted by Crippen LogP contribution is -2.09. The zero-order valence-electron chi connectivity index (χ0n) is 7.89. The van der Waals surface area contributed by atoms with Gasteiger partial charge in [0, 0.05) is 6.20 Å². The third-order valence-electron chi connectivity index (χ3n) is 2.31. The van der Waals surface area contributed by atoms with Gasteiger partial charge in [-0.15, -0.1) is 0 Å². The molecule has 1 aromatic heterocycles. The lowest BCUT2D eigenvalue weighted by Gasteiger charge is -2.00. The van der Waals surface area contributed by atoms with Crippen molar-refractivity contribution >= 4 is 11.5 Å². The maximum Gasteiger partial charge on any atom is 0.175 e. The van der Waals surface area contributed by atoms with E-state index in [4.69, 9.17) is 15.8 Å². The number of aryl methyl sites for hydroxylation is 1. The van der Waals surface area contributed by atoms with Crippen molar-refractivity contribution in [3.05, 3.63) is 17.3 Å². The molecule has 0 saturated carbocycles. The summed E-state index contributed by atoms with van der Waals surface area (Å²) >= 11 is 0. The molecule has 1 atom stereocenters. The summed E-state index contributed by atoms with van der Waals surface area (Å²) in [7, 11) is 0. The van der Waals surface area contributed by atoms with Gasteiger partial charge in [-0.25, -0.2) is 4.99 Å². The number of rotatable bonds is 0. The van der Waals surface area contributed by atoms with Crippen molar-refractivity contribution in [2.75, 3.05) is 0 Å². The first kappa shape index (κ1) is 8.99. The number of aliphatic imine (C=N–C) groups is 1. The highest BCUT2D eigenvalue weighted by Gasteiger charge is 2.29. The van der Waals surface area contributed by atoms with Gasteiger partial charge in [-0.2, -0.15) is 15.8 Å². The van der Waals surface area contributed by atoms with Crippen molar-refractivity contribution in [3.63, 3.8) is 0 Å². The summed E-state index contributed by atoms with van der Waals surface area (Å²) < 4.78 is 1.56. The Labute approximate surface area is 86.1 Å². The zero-order valence-corrected chi connectivity index (χ0v) is 7.89. The summed E-state index contributed by atoms with van der Waals surface area (Å²) in [6, 6.07) is 5.18. The van der Waals surface area contributed by atoms with E-state index in [1.54, 1.807) is 17.7 Å². The summed E-state index contributed by atoms with van der Waals surface area (Å²) in [5.74, 6) is 0.415. The lowest BCUT2D eigenvalue weighted by atomic mass is 10.2. The van der Waals surface area contributed by atoms with Crippen LogP contribution in [-0.2, 0) is 0 Å². The lowest BCUT2D eigenvalue weighted by molar-refractivity contribution is 0.810. The second kappa shape index (κ2) is 2.97. The van der Waals surface area contributed by atoms with Crippen molar-refractivity contribution in [1.29, 1.82) is 15.8 Å². The van der Waals surface area contributed by atoms with E-state index in [0.29, 0.717) is 11.4 Å². The minimum absolute atomic E-state index is 0.143. The Balaban J connectivity index is 2.71. The van der Waals surface area contributed by atoms with Crippen LogP contribution in [0.5, 0.6) is 0 Å². The predicted molar refractivity (Wildman–Crippen MR) is 51.2 cm³/mol. The average Bonchev–Trinajstić information content (AvgIpc) is 2.71. The topological polar surface area (TPSA) is 88.7 Å². The van der Waals surface area contributed by atoms with E-state index in [1.165, 1.54) is 0 Å². The monoisotopic (exact) mass is 195 g/mol. The van der Waals surface area contributed by atoms with Gasteiger partial charge in [-0.3, -0.25) is 0 Å². The molecule has 0 saturated heterocycles. The highest BCUT2D eigenvalue weighted by atomic mass is 15.2. The third-order valence-corrected chi connectivity index (χ3v) is 2.31. The molecule has 0 amide bonds. The Morgan fingerprint density at radius 1 is 1.33 bits per heavy atom. The van der Waals surface area contributed by atoms with Crippen LogP contribution in [0.15, 0.2) is 11.2 Å². The van der Waals surface area contributed by atoms with Crippen LogP contribution in [-0.4, -0.2) is 10.3 Å². The number of nitriles is 3. The zero-order chi connectivity index (χ0) is 11.0. The number of hydrogen-bond acceptors (Lipinski definition) is 4. The molecule has 0 aromatic carbocycles. The molecule has 1 aromatic rings. The van der Waals surface area contributed by atoms with Crippen LogP contribution in [0.2, 0.25) is 0 Å². The quantitative estimate of drug-likeness (QED) is 0.625. The molecule has 1 aliphatic rings. The Morgan fingerprint density at radius 2 is 2.07 bits per heavy atom. The Kier molecular flexibility index (Phi) is 1.78. The van der Waals surface area contributed by atoms with Crippen LogP contribution in [0.4, 0.5) is 5.82 Å². The first-order valence-corrected chi connectivity index (χ1v) is 4.22. The van der Waals surface area contributed by atoms with Crippen LogP contribution in [0.1, 0.15) is 17.2 Å². The second-order valence-electron chi connectivity index (χ2n) is 3.17. The molecule has 0 N–H and O–H groups in total. The average molecular weight is 195 g/mol. The SMILES string of the molecule is Cc1cn2c(c1C#N)N=C(C#N)C2C#N. The Morgan fingerprint density at radius 3 is 2.60 bits per heavy atom. The molecule has 0 fully saturated rings. The van der Waals surface area contributed by atoms with Crippen molar-refractivity contribution in [2.24, 2.45) is 4.99 Å². The van der Waals surface area contributed by atoms with E-state index in [9.17, 15) is 0 Å². The van der Waals surface area contributed by atoms with Gasteiger partial charge in [0.15, 0.2) is 17.6 Å². The molecule has 5 heteroatoms. The van der Waals surface area contributed by atoms with Gasteiger partial charge in [-0.05, 0) is 12.5 Å². The van der Waals surface area contributed by atoms with E-state index in [-0.39, 0.29) is 5.71 Å². The first-order chi connectivity index (χ1) is 7.22. The van der Waals surface area contributed by atoms with E-state index in [0.717, 1.165) is 5.56 Å². The van der Waals surface area contributed by atoms with Gasteiger partial charge in [0.2, 0.25) is 0 Å². The molecular weight excluding hydrogens is 190 g/mol. The second-order valence-corrected chi connectivity index (χ2v) is 3.17. The molecule has 1 aliphatic heterocycles. The normalized spacial score (nSPS) is 17.2. The smallest absolute Gasteiger partial charge is 0.175 e. The van der Waals surface area contributed by atoms with Crippen LogP contribution < -0.4 is 0 Å². The fourth-order valence-corrected chi connectivity index (χ4v) is 1.60. The fraction of sp³-hybridized carbons (Fsp3) is 0.200. The fourth-order valence-electron chi connectivity index (χ4n) is 1.60. The molecule has 0 aliphatic carbocycles.